The lowest BCUT2D eigenvalue weighted by Gasteiger charge is -2.07. The molecule has 0 aliphatic heterocycles. The fraction of sp³-hybridized carbons (Fsp3) is 0.0833. The highest BCUT2D eigenvalue weighted by atomic mass is 32.1. The van der Waals surface area contributed by atoms with Crippen molar-refractivity contribution in [2.24, 2.45) is 0 Å². The van der Waals surface area contributed by atoms with Gasteiger partial charge in [-0.05, 0) is 53.6 Å². The molecule has 0 saturated heterocycles. The summed E-state index contributed by atoms with van der Waals surface area (Å²) in [6.45, 7) is 0.433. The molecule has 0 aliphatic carbocycles. The van der Waals surface area contributed by atoms with Crippen LogP contribution in [0.1, 0.15) is 26.5 Å². The second kappa shape index (κ2) is 8.71. The van der Waals surface area contributed by atoms with E-state index in [1.165, 1.54) is 11.8 Å². The number of hydrogen-bond acceptors (Lipinski definition) is 5. The number of aromatic nitrogens is 1. The number of fused-ring (bicyclic) bond motifs is 1. The second-order valence-corrected chi connectivity index (χ2v) is 7.46. The van der Waals surface area contributed by atoms with Crippen molar-refractivity contribution < 1.29 is 14.3 Å². The number of benzene rings is 3. The highest BCUT2D eigenvalue weighted by Gasteiger charge is 2.04. The first-order valence-electron chi connectivity index (χ1n) is 9.15. The van der Waals surface area contributed by atoms with Crippen molar-refractivity contribution in [2.75, 3.05) is 7.11 Å². The molecule has 4 aromatic rings. The van der Waals surface area contributed by atoms with Crippen molar-refractivity contribution in [3.05, 3.63) is 94.5 Å². The average molecular weight is 401 g/mol. The Labute approximate surface area is 173 Å². The summed E-state index contributed by atoms with van der Waals surface area (Å²) in [6.07, 6.45) is 4.08. The molecule has 29 heavy (non-hydrogen) atoms. The maximum atomic E-state index is 11.5. The molecule has 1 heterocycles. The number of carbonyl (C=O) groups excluding carboxylic acids is 1. The summed E-state index contributed by atoms with van der Waals surface area (Å²) in [5.74, 6) is 0.450. The van der Waals surface area contributed by atoms with Crippen molar-refractivity contribution in [1.82, 2.24) is 4.98 Å². The van der Waals surface area contributed by atoms with Gasteiger partial charge in [0.15, 0.2) is 0 Å². The summed E-state index contributed by atoms with van der Waals surface area (Å²) in [6, 6.07) is 23.3. The summed E-state index contributed by atoms with van der Waals surface area (Å²) in [5.41, 5.74) is 3.62. The van der Waals surface area contributed by atoms with Gasteiger partial charge in [0.25, 0.3) is 0 Å². The van der Waals surface area contributed by atoms with Crippen LogP contribution in [0.25, 0.3) is 22.4 Å². The van der Waals surface area contributed by atoms with Gasteiger partial charge in [0.1, 0.15) is 17.4 Å². The molecule has 0 amide bonds. The first kappa shape index (κ1) is 18.9. The van der Waals surface area contributed by atoms with Crippen LogP contribution in [-0.4, -0.2) is 18.1 Å². The van der Waals surface area contributed by atoms with Crippen LogP contribution < -0.4 is 4.74 Å². The van der Waals surface area contributed by atoms with Gasteiger partial charge in [-0.25, -0.2) is 9.78 Å². The Kier molecular flexibility index (Phi) is 5.68. The van der Waals surface area contributed by atoms with Gasteiger partial charge in [-0.2, -0.15) is 0 Å². The third kappa shape index (κ3) is 4.70. The number of thiazole rings is 1. The molecule has 0 unspecified atom stereocenters. The highest BCUT2D eigenvalue weighted by molar-refractivity contribution is 7.19. The van der Waals surface area contributed by atoms with Crippen LogP contribution >= 0.6 is 11.3 Å². The van der Waals surface area contributed by atoms with Crippen molar-refractivity contribution >= 4 is 39.7 Å². The van der Waals surface area contributed by atoms with E-state index in [2.05, 4.69) is 11.1 Å². The lowest BCUT2D eigenvalue weighted by atomic mass is 10.1. The standard InChI is InChI=1S/C24H19NO3S/c1-27-24(26)19-11-6-18(7-12-19)16-28-20-13-8-17(9-14-20)10-15-23-25-21-4-2-3-5-22(21)29-23/h2-15H,16H2,1H3/b15-10+. The van der Waals surface area contributed by atoms with Crippen LogP contribution in [-0.2, 0) is 11.3 Å². The SMILES string of the molecule is COC(=O)c1ccc(COc2ccc(/C=C/c3nc4ccccc4s3)cc2)cc1. The minimum Gasteiger partial charge on any atom is -0.489 e. The number of hydrogen-bond donors (Lipinski definition) is 0. The van der Waals surface area contributed by atoms with Gasteiger partial charge < -0.3 is 9.47 Å². The number of carbonyl (C=O) groups is 1. The number of para-hydroxylation sites is 1. The van der Waals surface area contributed by atoms with E-state index in [0.29, 0.717) is 12.2 Å². The Morgan fingerprint density at radius 2 is 1.72 bits per heavy atom. The summed E-state index contributed by atoms with van der Waals surface area (Å²) >= 11 is 1.68. The maximum absolute atomic E-state index is 11.5. The molecule has 0 N–H and O–H groups in total. The maximum Gasteiger partial charge on any atom is 0.337 e. The first-order valence-corrected chi connectivity index (χ1v) is 9.97. The molecular weight excluding hydrogens is 382 g/mol. The zero-order chi connectivity index (χ0) is 20.1. The fourth-order valence-electron chi connectivity index (χ4n) is 2.83. The predicted octanol–water partition coefficient (Wildman–Crippen LogP) is 5.83. The number of rotatable bonds is 6. The van der Waals surface area contributed by atoms with E-state index in [1.807, 2.05) is 66.7 Å². The first-order chi connectivity index (χ1) is 14.2. The number of methoxy groups -OCH3 is 1. The molecule has 3 aromatic carbocycles. The molecule has 0 bridgehead atoms. The molecule has 0 saturated carbocycles. The number of ether oxygens (including phenoxy) is 2. The van der Waals surface area contributed by atoms with Gasteiger partial charge in [0.2, 0.25) is 0 Å². The van der Waals surface area contributed by atoms with Crippen molar-refractivity contribution in [3.63, 3.8) is 0 Å². The minimum atomic E-state index is -0.341. The summed E-state index contributed by atoms with van der Waals surface area (Å²) in [5, 5.41) is 0.988. The molecule has 0 aliphatic rings. The Bertz CT molecular complexity index is 1110. The quantitative estimate of drug-likeness (QED) is 0.381. The Balaban J connectivity index is 1.35. The third-order valence-corrected chi connectivity index (χ3v) is 5.39. The second-order valence-electron chi connectivity index (χ2n) is 6.40. The minimum absolute atomic E-state index is 0.341. The van der Waals surface area contributed by atoms with Crippen LogP contribution in [0.5, 0.6) is 5.75 Å². The molecule has 144 valence electrons. The Hall–Kier alpha value is -3.44. The van der Waals surface area contributed by atoms with E-state index in [1.54, 1.807) is 23.5 Å². The van der Waals surface area contributed by atoms with E-state index in [0.717, 1.165) is 27.4 Å². The van der Waals surface area contributed by atoms with Crippen molar-refractivity contribution in [2.45, 2.75) is 6.61 Å². The number of nitrogens with zero attached hydrogens (tertiary/aromatic N) is 1. The van der Waals surface area contributed by atoms with E-state index in [-0.39, 0.29) is 5.97 Å². The normalized spacial score (nSPS) is 11.1. The highest BCUT2D eigenvalue weighted by Crippen LogP contribution is 2.23. The van der Waals surface area contributed by atoms with Crippen LogP contribution in [0, 0.1) is 0 Å². The third-order valence-electron chi connectivity index (χ3n) is 4.39. The van der Waals surface area contributed by atoms with Crippen LogP contribution in [0.15, 0.2) is 72.8 Å². The number of esters is 1. The molecule has 5 heteroatoms. The summed E-state index contributed by atoms with van der Waals surface area (Å²) < 4.78 is 11.7. The molecule has 4 nitrogen and oxygen atoms in total. The summed E-state index contributed by atoms with van der Waals surface area (Å²) in [4.78, 5) is 16.1. The lowest BCUT2D eigenvalue weighted by molar-refractivity contribution is 0.0600. The van der Waals surface area contributed by atoms with E-state index in [9.17, 15) is 4.79 Å². The molecule has 4 rings (SSSR count). The molecule has 1 aromatic heterocycles. The van der Waals surface area contributed by atoms with Crippen LogP contribution in [0.3, 0.4) is 0 Å². The van der Waals surface area contributed by atoms with Gasteiger partial charge in [0, 0.05) is 0 Å². The largest absolute Gasteiger partial charge is 0.489 e. The fourth-order valence-corrected chi connectivity index (χ4v) is 3.70. The molecule has 0 radical (unpaired) electrons. The van der Waals surface area contributed by atoms with Crippen molar-refractivity contribution in [1.29, 1.82) is 0 Å². The van der Waals surface area contributed by atoms with Crippen LogP contribution in [0.2, 0.25) is 0 Å². The van der Waals surface area contributed by atoms with E-state index in [4.69, 9.17) is 9.47 Å². The van der Waals surface area contributed by atoms with E-state index >= 15 is 0 Å². The zero-order valence-electron chi connectivity index (χ0n) is 15.9. The molecule has 0 fully saturated rings. The Morgan fingerprint density at radius 1 is 0.966 bits per heavy atom. The van der Waals surface area contributed by atoms with Gasteiger partial charge in [-0.1, -0.05) is 42.5 Å². The smallest absolute Gasteiger partial charge is 0.337 e. The van der Waals surface area contributed by atoms with Gasteiger partial charge in [-0.15, -0.1) is 11.3 Å². The predicted molar refractivity (Wildman–Crippen MR) is 117 cm³/mol. The molecular formula is C24H19NO3S. The average Bonchev–Trinajstić information content (AvgIpc) is 3.20. The topological polar surface area (TPSA) is 48.4 Å². The van der Waals surface area contributed by atoms with E-state index < -0.39 is 0 Å². The zero-order valence-corrected chi connectivity index (χ0v) is 16.7. The lowest BCUT2D eigenvalue weighted by Crippen LogP contribution is -2.01. The van der Waals surface area contributed by atoms with Crippen LogP contribution in [0.4, 0.5) is 0 Å². The monoisotopic (exact) mass is 401 g/mol. The molecule has 0 atom stereocenters. The van der Waals surface area contributed by atoms with Gasteiger partial charge >= 0.3 is 5.97 Å². The van der Waals surface area contributed by atoms with Gasteiger partial charge in [-0.3, -0.25) is 0 Å². The summed E-state index contributed by atoms with van der Waals surface area (Å²) in [7, 11) is 1.37. The van der Waals surface area contributed by atoms with Gasteiger partial charge in [0.05, 0.1) is 22.9 Å². The van der Waals surface area contributed by atoms with Crippen molar-refractivity contribution in [3.8, 4) is 5.75 Å². The Morgan fingerprint density at radius 3 is 2.45 bits per heavy atom. The molecule has 0 spiro atoms.